The van der Waals surface area contributed by atoms with Gasteiger partial charge in [-0.05, 0) is 30.5 Å². The number of hydrogen-bond donors (Lipinski definition) is 0. The summed E-state index contributed by atoms with van der Waals surface area (Å²) >= 11 is 0. The normalized spacial score (nSPS) is 20.9. The number of pyridine rings is 1. The Morgan fingerprint density at radius 2 is 2.00 bits per heavy atom. The number of morpholine rings is 1. The van der Waals surface area contributed by atoms with Crippen molar-refractivity contribution in [3.63, 3.8) is 0 Å². The van der Waals surface area contributed by atoms with Gasteiger partial charge in [0, 0.05) is 43.3 Å². The molecule has 0 bridgehead atoms. The molecule has 0 saturated carbocycles. The molecule has 10 nitrogen and oxygen atoms in total. The van der Waals surface area contributed by atoms with E-state index >= 15 is 0 Å². The summed E-state index contributed by atoms with van der Waals surface area (Å²) in [6.07, 6.45) is 2.52. The molecule has 29 heavy (non-hydrogen) atoms. The van der Waals surface area contributed by atoms with Crippen LogP contribution in [-0.4, -0.2) is 70.4 Å². The van der Waals surface area contributed by atoms with E-state index in [9.17, 15) is 10.1 Å². The van der Waals surface area contributed by atoms with Gasteiger partial charge in [-0.2, -0.15) is 0 Å². The van der Waals surface area contributed by atoms with Gasteiger partial charge in [0.25, 0.3) is 0 Å². The van der Waals surface area contributed by atoms with Crippen molar-refractivity contribution in [2.24, 2.45) is 0 Å². The molecule has 2 aromatic rings. The summed E-state index contributed by atoms with van der Waals surface area (Å²) in [6, 6.07) is 4.74. The lowest BCUT2D eigenvalue weighted by Gasteiger charge is -2.30. The molecule has 1 atom stereocenters. The number of anilines is 1. The third-order valence-electron chi connectivity index (χ3n) is 5.23. The number of imidazole rings is 1. The Hall–Kier alpha value is -2.72. The van der Waals surface area contributed by atoms with Crippen LogP contribution >= 0.6 is 0 Å². The standard InChI is InChI=1S/C13H19N3O.C6H7N3O3/c1-15-5-4-12-11(10-15)2-3-13(14-12)16-6-8-17-9-7-16;1-4-2-8-3-5(9(10)11)7-6(8)12-4/h2-3H,4-10H2,1H3;3-4H,2H2,1H3. The van der Waals surface area contributed by atoms with Crippen LogP contribution < -0.4 is 9.64 Å². The molecule has 0 amide bonds. The molecule has 0 spiro atoms. The first-order valence-electron chi connectivity index (χ1n) is 9.88. The van der Waals surface area contributed by atoms with Crippen LogP contribution in [0.2, 0.25) is 0 Å². The lowest BCUT2D eigenvalue weighted by Crippen LogP contribution is -2.37. The van der Waals surface area contributed by atoms with Crippen molar-refractivity contribution in [2.75, 3.05) is 44.8 Å². The van der Waals surface area contributed by atoms with Gasteiger partial charge in [-0.1, -0.05) is 6.07 Å². The summed E-state index contributed by atoms with van der Waals surface area (Å²) in [5, 5.41) is 10.3. The number of fused-ring (bicyclic) bond motifs is 2. The largest absolute Gasteiger partial charge is 0.441 e. The van der Waals surface area contributed by atoms with Crippen molar-refractivity contribution in [1.82, 2.24) is 19.4 Å². The third kappa shape index (κ3) is 4.48. The summed E-state index contributed by atoms with van der Waals surface area (Å²) in [4.78, 5) is 22.9. The molecule has 5 heterocycles. The molecule has 1 fully saturated rings. The summed E-state index contributed by atoms with van der Waals surface area (Å²) in [6.45, 7) is 8.25. The highest BCUT2D eigenvalue weighted by atomic mass is 16.6. The Morgan fingerprint density at radius 1 is 1.21 bits per heavy atom. The molecule has 5 rings (SSSR count). The fraction of sp³-hybridized carbons (Fsp3) is 0.579. The molecule has 1 unspecified atom stereocenters. The van der Waals surface area contributed by atoms with E-state index in [-0.39, 0.29) is 11.9 Å². The number of nitro groups is 1. The Kier molecular flexibility index (Phi) is 5.63. The molecule has 2 aromatic heterocycles. The molecule has 0 aromatic carbocycles. The van der Waals surface area contributed by atoms with E-state index in [1.807, 2.05) is 6.92 Å². The average Bonchev–Trinajstić information content (AvgIpc) is 3.26. The monoisotopic (exact) mass is 402 g/mol. The van der Waals surface area contributed by atoms with Gasteiger partial charge in [-0.3, -0.25) is 4.57 Å². The van der Waals surface area contributed by atoms with E-state index in [0.717, 1.165) is 51.6 Å². The van der Waals surface area contributed by atoms with E-state index < -0.39 is 4.92 Å². The number of nitrogens with zero attached hydrogens (tertiary/aromatic N) is 6. The summed E-state index contributed by atoms with van der Waals surface area (Å²) < 4.78 is 12.2. The molecule has 0 N–H and O–H groups in total. The molecule has 1 saturated heterocycles. The number of likely N-dealkylation sites (N-methyl/N-ethyl adjacent to an activating group) is 1. The maximum absolute atomic E-state index is 10.3. The van der Waals surface area contributed by atoms with Crippen LogP contribution in [0, 0.1) is 10.1 Å². The van der Waals surface area contributed by atoms with Gasteiger partial charge in [-0.25, -0.2) is 4.98 Å². The Morgan fingerprint density at radius 3 is 2.72 bits per heavy atom. The van der Waals surface area contributed by atoms with Crippen LogP contribution in [0.25, 0.3) is 0 Å². The summed E-state index contributed by atoms with van der Waals surface area (Å²) in [7, 11) is 2.17. The first-order chi connectivity index (χ1) is 14.0. The van der Waals surface area contributed by atoms with Crippen LogP contribution in [0.1, 0.15) is 18.2 Å². The summed E-state index contributed by atoms with van der Waals surface area (Å²) in [5.74, 6) is 0.966. The van der Waals surface area contributed by atoms with Crippen LogP contribution in [0.4, 0.5) is 11.6 Å². The second-order valence-corrected chi connectivity index (χ2v) is 7.58. The fourth-order valence-corrected chi connectivity index (χ4v) is 3.71. The van der Waals surface area contributed by atoms with Crippen molar-refractivity contribution < 1.29 is 14.4 Å². The molecule has 0 radical (unpaired) electrons. The van der Waals surface area contributed by atoms with Crippen molar-refractivity contribution in [1.29, 1.82) is 0 Å². The Labute approximate surface area is 169 Å². The highest BCUT2D eigenvalue weighted by Crippen LogP contribution is 2.24. The third-order valence-corrected chi connectivity index (χ3v) is 5.23. The zero-order chi connectivity index (χ0) is 20.4. The average molecular weight is 402 g/mol. The van der Waals surface area contributed by atoms with Crippen LogP contribution in [0.3, 0.4) is 0 Å². The zero-order valence-electron chi connectivity index (χ0n) is 16.8. The lowest BCUT2D eigenvalue weighted by molar-refractivity contribution is -0.389. The molecule has 0 aliphatic carbocycles. The number of aromatic nitrogens is 3. The van der Waals surface area contributed by atoms with E-state index in [4.69, 9.17) is 14.5 Å². The second-order valence-electron chi connectivity index (χ2n) is 7.58. The minimum absolute atomic E-state index is 0.0632. The molecule has 156 valence electrons. The molecule has 10 heteroatoms. The van der Waals surface area contributed by atoms with Gasteiger partial charge < -0.3 is 29.4 Å². The highest BCUT2D eigenvalue weighted by Gasteiger charge is 2.28. The van der Waals surface area contributed by atoms with E-state index in [2.05, 4.69) is 34.0 Å². The molecule has 3 aliphatic heterocycles. The number of hydrogen-bond acceptors (Lipinski definition) is 8. The van der Waals surface area contributed by atoms with Crippen molar-refractivity contribution in [3.8, 4) is 6.01 Å². The SMILES string of the molecule is CC1Cn2cc([N+](=O)[O-])nc2O1.CN1CCc2nc(N3CCOCC3)ccc2C1. The minimum Gasteiger partial charge on any atom is -0.441 e. The van der Waals surface area contributed by atoms with Gasteiger partial charge >= 0.3 is 11.8 Å². The quantitative estimate of drug-likeness (QED) is 0.550. The van der Waals surface area contributed by atoms with Gasteiger partial charge in [0.15, 0.2) is 0 Å². The first-order valence-corrected chi connectivity index (χ1v) is 9.88. The number of rotatable bonds is 2. The fourth-order valence-electron chi connectivity index (χ4n) is 3.71. The number of ether oxygens (including phenoxy) is 2. The summed E-state index contributed by atoms with van der Waals surface area (Å²) in [5.41, 5.74) is 2.67. The molecular weight excluding hydrogens is 376 g/mol. The maximum Gasteiger partial charge on any atom is 0.414 e. The predicted molar refractivity (Wildman–Crippen MR) is 106 cm³/mol. The van der Waals surface area contributed by atoms with Crippen molar-refractivity contribution >= 4 is 11.6 Å². The minimum atomic E-state index is -0.528. The molecule has 3 aliphatic rings. The van der Waals surface area contributed by atoms with Gasteiger partial charge in [0.05, 0.1) is 19.8 Å². The highest BCUT2D eigenvalue weighted by molar-refractivity contribution is 5.42. The zero-order valence-corrected chi connectivity index (χ0v) is 16.8. The van der Waals surface area contributed by atoms with E-state index in [1.165, 1.54) is 17.5 Å². The van der Waals surface area contributed by atoms with Gasteiger partial charge in [0.2, 0.25) is 0 Å². The molecular formula is C19H26N6O4. The van der Waals surface area contributed by atoms with Crippen molar-refractivity contribution in [2.45, 2.75) is 32.5 Å². The first kappa shape index (κ1) is 19.6. The van der Waals surface area contributed by atoms with Gasteiger partial charge in [-0.15, -0.1) is 0 Å². The topological polar surface area (TPSA) is 98.8 Å². The Balaban J connectivity index is 0.000000150. The Bertz CT molecular complexity index is 856. The second kappa shape index (κ2) is 8.34. The van der Waals surface area contributed by atoms with E-state index in [1.54, 1.807) is 4.57 Å². The van der Waals surface area contributed by atoms with E-state index in [0.29, 0.717) is 12.6 Å². The predicted octanol–water partition coefficient (Wildman–Crippen LogP) is 1.48. The van der Waals surface area contributed by atoms with Crippen LogP contribution in [0.5, 0.6) is 6.01 Å². The lowest BCUT2D eigenvalue weighted by atomic mass is 10.1. The smallest absolute Gasteiger partial charge is 0.414 e. The van der Waals surface area contributed by atoms with Gasteiger partial charge in [0.1, 0.15) is 18.1 Å². The van der Waals surface area contributed by atoms with Crippen molar-refractivity contribution in [3.05, 3.63) is 39.7 Å². The van der Waals surface area contributed by atoms with Crippen LogP contribution in [0.15, 0.2) is 18.3 Å². The maximum atomic E-state index is 10.3. The van der Waals surface area contributed by atoms with Crippen LogP contribution in [-0.2, 0) is 24.2 Å².